The summed E-state index contributed by atoms with van der Waals surface area (Å²) in [6.45, 7) is 5.75. The molecule has 0 spiro atoms. The number of nitrogens with zero attached hydrogens (tertiary/aromatic N) is 6. The smallest absolute Gasteiger partial charge is 0.352 e. The number of hydrogen-bond acceptors (Lipinski definition) is 13. The molecule has 1 fully saturated rings. The van der Waals surface area contributed by atoms with Crippen LogP contribution in [0, 0.1) is 0 Å². The number of nitrogens with two attached hydrogens (primary N) is 2. The quantitative estimate of drug-likeness (QED) is 0.0377. The van der Waals surface area contributed by atoms with Crippen LogP contribution < -0.4 is 26.7 Å². The summed E-state index contributed by atoms with van der Waals surface area (Å²) in [5, 5.41) is 28.1. The Bertz CT molecular complexity index is 1570. The third-order valence-electron chi connectivity index (χ3n) is 6.67. The van der Waals surface area contributed by atoms with Gasteiger partial charge < -0.3 is 37.2 Å². The highest BCUT2D eigenvalue weighted by atomic mass is 32.2. The molecule has 8 N–H and O–H groups in total. The average molecular weight is 662 g/mol. The van der Waals surface area contributed by atoms with Gasteiger partial charge in [0.15, 0.2) is 24.1 Å². The van der Waals surface area contributed by atoms with Gasteiger partial charge >= 0.3 is 11.9 Å². The molecular formula is C26H33N10O7S2+. The third kappa shape index (κ3) is 7.66. The highest BCUT2D eigenvalue weighted by molar-refractivity contribution is 8.00. The van der Waals surface area contributed by atoms with E-state index < -0.39 is 46.5 Å². The van der Waals surface area contributed by atoms with Gasteiger partial charge in [0, 0.05) is 53.6 Å². The first-order chi connectivity index (χ1) is 21.3. The zero-order valence-electron chi connectivity index (χ0n) is 24.6. The number of amides is 2. The summed E-state index contributed by atoms with van der Waals surface area (Å²) < 4.78 is 5.74. The van der Waals surface area contributed by atoms with Gasteiger partial charge in [0.05, 0.1) is 12.4 Å². The number of carboxylic acid groups (broad SMARTS) is 2. The second kappa shape index (κ2) is 13.9. The number of carboxylic acids is 2. The zero-order chi connectivity index (χ0) is 32.9. The maximum atomic E-state index is 13.2. The fourth-order valence-corrected chi connectivity index (χ4v) is 5.91. The van der Waals surface area contributed by atoms with Crippen molar-refractivity contribution in [2.45, 2.75) is 50.8 Å². The van der Waals surface area contributed by atoms with Gasteiger partial charge in [-0.05, 0) is 13.8 Å². The summed E-state index contributed by atoms with van der Waals surface area (Å²) in [4.78, 5) is 64.6. The molecule has 0 aromatic carbocycles. The predicted molar refractivity (Wildman–Crippen MR) is 165 cm³/mol. The fourth-order valence-electron chi connectivity index (χ4n) is 4.14. The van der Waals surface area contributed by atoms with E-state index in [-0.39, 0.29) is 29.0 Å². The minimum atomic E-state index is -1.79. The molecule has 19 heteroatoms. The van der Waals surface area contributed by atoms with E-state index in [0.29, 0.717) is 30.9 Å². The summed E-state index contributed by atoms with van der Waals surface area (Å²) in [7, 11) is 0. The number of amidine groups is 1. The number of oxime groups is 1. The number of fused-ring (bicyclic) bond motifs is 1. The van der Waals surface area contributed by atoms with Crippen molar-refractivity contribution in [2.75, 3.05) is 29.9 Å². The van der Waals surface area contributed by atoms with Crippen LogP contribution in [0.1, 0.15) is 33.0 Å². The van der Waals surface area contributed by atoms with Crippen molar-refractivity contribution < 1.29 is 38.8 Å². The molecule has 2 atom stereocenters. The lowest BCUT2D eigenvalue weighted by molar-refractivity contribution is -0.688. The van der Waals surface area contributed by atoms with Crippen LogP contribution in [0.25, 0.3) is 0 Å². The lowest BCUT2D eigenvalue weighted by Gasteiger charge is -2.49. The summed E-state index contributed by atoms with van der Waals surface area (Å²) in [6, 6.07) is 2.60. The molecule has 0 bridgehead atoms. The molecule has 4 heterocycles. The van der Waals surface area contributed by atoms with Crippen molar-refractivity contribution in [2.24, 2.45) is 15.9 Å². The standard InChI is InChI=1S/C26H32N10O7S2/c1-4-15(27)30-8-7-29-14-5-9-35(10-6-14)11-13-12-44-22-17(21(38)36(22)18(13)23(39)40)31-20(37)16(19-32-25(28)45-34-19)33-43-26(2,3)24(41)42/h5-6,9-10,17,22H,4,7-8,11-12H2,1-3H3,(H7,27,28,30,31,32,34,37,39,40,41,42)/p+1/b33-16-. The van der Waals surface area contributed by atoms with Crippen LogP contribution in [0.3, 0.4) is 0 Å². The number of carbonyl (C=O) groups is 4. The third-order valence-corrected chi connectivity index (χ3v) is 8.55. The van der Waals surface area contributed by atoms with E-state index in [9.17, 15) is 29.4 Å². The summed E-state index contributed by atoms with van der Waals surface area (Å²) in [6.07, 6.45) is 4.28. The van der Waals surface area contributed by atoms with Crippen molar-refractivity contribution >= 4 is 69.4 Å². The summed E-state index contributed by atoms with van der Waals surface area (Å²) in [5.74, 6) is -3.52. The van der Waals surface area contributed by atoms with E-state index in [1.54, 1.807) is 17.0 Å². The Morgan fingerprint density at radius 1 is 1.27 bits per heavy atom. The Balaban J connectivity index is 1.45. The van der Waals surface area contributed by atoms with E-state index >= 15 is 0 Å². The van der Waals surface area contributed by atoms with Gasteiger partial charge in [-0.2, -0.15) is 9.36 Å². The summed E-state index contributed by atoms with van der Waals surface area (Å²) >= 11 is 2.07. The Morgan fingerprint density at radius 2 is 1.98 bits per heavy atom. The van der Waals surface area contributed by atoms with Crippen LogP contribution in [0.15, 0.2) is 45.9 Å². The van der Waals surface area contributed by atoms with Gasteiger partial charge in [-0.1, -0.05) is 12.1 Å². The Morgan fingerprint density at radius 3 is 2.58 bits per heavy atom. The molecule has 2 unspecified atom stereocenters. The average Bonchev–Trinajstić information content (AvgIpc) is 3.43. The lowest BCUT2D eigenvalue weighted by Crippen LogP contribution is -2.71. The normalized spacial score (nSPS) is 18.6. The first-order valence-electron chi connectivity index (χ1n) is 13.6. The van der Waals surface area contributed by atoms with Crippen LogP contribution in [0.4, 0.5) is 10.8 Å². The van der Waals surface area contributed by atoms with Crippen LogP contribution in [0.5, 0.6) is 0 Å². The van der Waals surface area contributed by atoms with Gasteiger partial charge in [-0.15, -0.1) is 11.8 Å². The first-order valence-corrected chi connectivity index (χ1v) is 15.5. The second-order valence-corrected chi connectivity index (χ2v) is 12.2. The maximum Gasteiger partial charge on any atom is 0.352 e. The number of hydrogen-bond donors (Lipinski definition) is 6. The zero-order valence-corrected chi connectivity index (χ0v) is 26.2. The molecule has 0 aliphatic carbocycles. The Hall–Kier alpha value is -4.78. The van der Waals surface area contributed by atoms with E-state index in [1.165, 1.54) is 25.6 Å². The van der Waals surface area contributed by atoms with Crippen molar-refractivity contribution in [3.05, 3.63) is 41.6 Å². The minimum Gasteiger partial charge on any atom is -0.478 e. The van der Waals surface area contributed by atoms with Crippen LogP contribution in [-0.4, -0.2) is 95.6 Å². The van der Waals surface area contributed by atoms with Gasteiger partial charge in [0.25, 0.3) is 11.8 Å². The van der Waals surface area contributed by atoms with Crippen LogP contribution >= 0.6 is 23.3 Å². The van der Waals surface area contributed by atoms with E-state index in [4.69, 9.17) is 16.3 Å². The number of aromatic nitrogens is 3. The van der Waals surface area contributed by atoms with Crippen molar-refractivity contribution in [3.63, 3.8) is 0 Å². The number of carbonyl (C=O) groups excluding carboxylic acids is 2. The molecule has 2 aromatic rings. The van der Waals surface area contributed by atoms with Crippen molar-refractivity contribution in [1.82, 2.24) is 19.6 Å². The molecule has 17 nitrogen and oxygen atoms in total. The van der Waals surface area contributed by atoms with Crippen LogP contribution in [-0.2, 0) is 30.6 Å². The number of anilines is 2. The van der Waals surface area contributed by atoms with Gasteiger partial charge in [0.2, 0.25) is 17.1 Å². The number of aliphatic carboxylic acids is 2. The largest absolute Gasteiger partial charge is 0.478 e. The number of β-lactam (4-membered cyclic amide) rings is 1. The van der Waals surface area contributed by atoms with Crippen LogP contribution in [0.2, 0.25) is 0 Å². The predicted octanol–water partition coefficient (Wildman–Crippen LogP) is -0.390. The molecule has 2 amide bonds. The first kappa shape index (κ1) is 33.1. The Kier molecular flexibility index (Phi) is 10.2. The topological polar surface area (TPSA) is 252 Å². The summed E-state index contributed by atoms with van der Waals surface area (Å²) in [5.41, 5.74) is 10.3. The second-order valence-electron chi connectivity index (χ2n) is 10.3. The lowest BCUT2D eigenvalue weighted by atomic mass is 10.0. The van der Waals surface area contributed by atoms with E-state index in [2.05, 4.69) is 30.1 Å². The molecule has 4 rings (SSSR count). The molecule has 45 heavy (non-hydrogen) atoms. The molecule has 240 valence electrons. The molecule has 2 aliphatic heterocycles. The molecule has 0 saturated carbocycles. The number of nitrogen functional groups attached to an aromatic ring is 1. The van der Waals surface area contributed by atoms with E-state index in [0.717, 1.165) is 22.1 Å². The number of thioether (sulfide) groups is 1. The highest BCUT2D eigenvalue weighted by Crippen LogP contribution is 2.40. The minimum absolute atomic E-state index is 0.0204. The molecule has 0 radical (unpaired) electrons. The molecule has 2 aliphatic rings. The Labute approximate surface area is 265 Å². The SMILES string of the molecule is CCC(N)=NCCNc1cc[n+](CC2=C(C(=O)O)N3C(=O)C(NC(=O)/C(=N\OC(C)(C)C(=O)O)c4nsc(N)n4)C3SC2)cc1. The number of rotatable bonds is 14. The van der Waals surface area contributed by atoms with Crippen molar-refractivity contribution in [3.8, 4) is 0 Å². The van der Waals surface area contributed by atoms with E-state index in [1.807, 2.05) is 19.1 Å². The monoisotopic (exact) mass is 661 g/mol. The number of aliphatic imine (C=N–C) groups is 1. The van der Waals surface area contributed by atoms with Gasteiger partial charge in [0.1, 0.15) is 17.1 Å². The molecule has 1 saturated heterocycles. The fraction of sp³-hybridized carbons (Fsp3) is 0.423. The highest BCUT2D eigenvalue weighted by Gasteiger charge is 2.55. The van der Waals surface area contributed by atoms with Gasteiger partial charge in [-0.3, -0.25) is 19.5 Å². The molecular weight excluding hydrogens is 628 g/mol. The number of pyridine rings is 1. The maximum absolute atomic E-state index is 13.2. The van der Waals surface area contributed by atoms with Crippen molar-refractivity contribution in [1.29, 1.82) is 0 Å². The number of nitrogens with one attached hydrogen (secondary N) is 2. The molecule has 2 aromatic heterocycles. The van der Waals surface area contributed by atoms with Gasteiger partial charge in [-0.25, -0.2) is 14.2 Å².